The summed E-state index contributed by atoms with van der Waals surface area (Å²) in [5, 5.41) is 8.87. The van der Waals surface area contributed by atoms with Crippen LogP contribution in [-0.4, -0.2) is 78.9 Å². The topological polar surface area (TPSA) is 160 Å². The number of piperidine rings is 1. The molecular weight excluding hydrogens is 550 g/mol. The summed E-state index contributed by atoms with van der Waals surface area (Å²) in [5.41, 5.74) is 4.46. The number of ether oxygens (including phenoxy) is 1. The number of nitrogens with zero attached hydrogens (tertiary/aromatic N) is 1. The highest BCUT2D eigenvalue weighted by Gasteiger charge is 2.70. The Morgan fingerprint density at radius 3 is 2.12 bits per heavy atom. The zero-order chi connectivity index (χ0) is 31.9. The van der Waals surface area contributed by atoms with Crippen molar-refractivity contribution >= 4 is 29.5 Å². The molecule has 5 amide bonds. The van der Waals surface area contributed by atoms with Crippen molar-refractivity contribution in [2.24, 2.45) is 39.7 Å². The molecule has 0 radical (unpaired) electrons. The van der Waals surface area contributed by atoms with Gasteiger partial charge in [-0.05, 0) is 53.3 Å². The number of urea groups is 1. The van der Waals surface area contributed by atoms with E-state index in [1.807, 2.05) is 27.7 Å². The van der Waals surface area contributed by atoms with E-state index in [-0.39, 0.29) is 40.5 Å². The first-order chi connectivity index (χ1) is 20.0. The Kier molecular flexibility index (Phi) is 9.55. The van der Waals surface area contributed by atoms with Gasteiger partial charge in [0.15, 0.2) is 0 Å². The summed E-state index contributed by atoms with van der Waals surface area (Å²) in [6, 6.07) is -3.35. The molecule has 43 heavy (non-hydrogen) atoms. The summed E-state index contributed by atoms with van der Waals surface area (Å²) in [4.78, 5) is 68.0. The number of likely N-dealkylation sites (tertiary alicyclic amines) is 1. The fraction of sp³-hybridized carbons (Fsp3) is 0.844. The van der Waals surface area contributed by atoms with Gasteiger partial charge < -0.3 is 31.3 Å². The molecule has 5 N–H and O–H groups in total. The summed E-state index contributed by atoms with van der Waals surface area (Å²) in [6.45, 7) is 13.0. The van der Waals surface area contributed by atoms with E-state index in [0.29, 0.717) is 19.6 Å². The predicted molar refractivity (Wildman–Crippen MR) is 162 cm³/mol. The van der Waals surface area contributed by atoms with Crippen LogP contribution in [0.4, 0.5) is 4.79 Å². The Hall–Kier alpha value is -2.69. The molecule has 1 aliphatic heterocycles. The minimum Gasteiger partial charge on any atom is -0.383 e. The number of primary amides is 1. The van der Waals surface area contributed by atoms with Crippen LogP contribution in [0.3, 0.4) is 0 Å². The number of methoxy groups -OCH3 is 1. The van der Waals surface area contributed by atoms with Crippen molar-refractivity contribution in [1.82, 2.24) is 20.9 Å². The van der Waals surface area contributed by atoms with Gasteiger partial charge >= 0.3 is 6.03 Å². The fourth-order valence-electron chi connectivity index (χ4n) is 7.71. The molecule has 0 aromatic heterocycles. The Bertz CT molecular complexity index is 1110. The third-order valence-corrected chi connectivity index (χ3v) is 11.1. The average Bonchev–Trinajstić information content (AvgIpc) is 3.27. The lowest BCUT2D eigenvalue weighted by Gasteiger charge is -2.40. The number of hydrogen-bond donors (Lipinski definition) is 4. The standard InChI is InChI=1S/C32H53N5O6/c1-30(2,3)21(17-43-7)35-29(42)36-25(32(6)13-8-9-14-32)28(41)37-16-19-22(31(19,4)5)23(37)27(40)34-20(24(38)26(33)39)15-18-11-10-12-18/h18-23,25H,8-17H2,1-7H3,(H2,33,39)(H,34,40)(H2,35,36,42)/t19?,20?,21-,22?,23+,25-/m1/s1. The third-order valence-electron chi connectivity index (χ3n) is 11.1. The van der Waals surface area contributed by atoms with E-state index in [2.05, 4.69) is 29.8 Å². The van der Waals surface area contributed by atoms with Gasteiger partial charge in [0, 0.05) is 13.7 Å². The number of carbonyl (C=O) groups excluding carboxylic acids is 5. The largest absolute Gasteiger partial charge is 0.383 e. The monoisotopic (exact) mass is 603 g/mol. The van der Waals surface area contributed by atoms with Crippen LogP contribution in [0.1, 0.15) is 92.9 Å². The van der Waals surface area contributed by atoms with Crippen LogP contribution in [0.5, 0.6) is 0 Å². The second-order valence-corrected chi connectivity index (χ2v) is 15.5. The predicted octanol–water partition coefficient (Wildman–Crippen LogP) is 2.51. The molecule has 4 aliphatic rings. The van der Waals surface area contributed by atoms with Gasteiger partial charge in [0.25, 0.3) is 5.91 Å². The summed E-state index contributed by atoms with van der Waals surface area (Å²) in [7, 11) is 1.59. The number of carbonyl (C=O) groups is 5. The number of nitrogens with one attached hydrogen (secondary N) is 3. The first-order valence-corrected chi connectivity index (χ1v) is 16.0. The summed E-state index contributed by atoms with van der Waals surface area (Å²) in [6.07, 6.45) is 6.79. The van der Waals surface area contributed by atoms with Gasteiger partial charge in [-0.3, -0.25) is 19.2 Å². The van der Waals surface area contributed by atoms with E-state index >= 15 is 0 Å². The second-order valence-electron chi connectivity index (χ2n) is 15.5. The highest BCUT2D eigenvalue weighted by atomic mass is 16.5. The second kappa shape index (κ2) is 12.4. The lowest BCUT2D eigenvalue weighted by atomic mass is 9.79. The lowest BCUT2D eigenvalue weighted by molar-refractivity contribution is -0.145. The fourth-order valence-corrected chi connectivity index (χ4v) is 7.71. The normalized spacial score (nSPS) is 27.7. The smallest absolute Gasteiger partial charge is 0.315 e. The van der Waals surface area contributed by atoms with Gasteiger partial charge in [0.1, 0.15) is 12.1 Å². The number of Topliss-reactive ketones (excluding diaryl/α,β-unsaturated/α-hetero) is 1. The van der Waals surface area contributed by atoms with Gasteiger partial charge in [-0.2, -0.15) is 0 Å². The van der Waals surface area contributed by atoms with Crippen LogP contribution in [-0.2, 0) is 23.9 Å². The van der Waals surface area contributed by atoms with Crippen LogP contribution in [0, 0.1) is 34.0 Å². The summed E-state index contributed by atoms with van der Waals surface area (Å²) >= 11 is 0. The maximum atomic E-state index is 14.5. The van der Waals surface area contributed by atoms with Gasteiger partial charge in [0.05, 0.1) is 18.7 Å². The van der Waals surface area contributed by atoms with E-state index < -0.39 is 47.2 Å². The molecule has 4 rings (SSSR count). The average molecular weight is 604 g/mol. The number of amides is 5. The summed E-state index contributed by atoms with van der Waals surface area (Å²) < 4.78 is 5.34. The van der Waals surface area contributed by atoms with Crippen LogP contribution in [0.25, 0.3) is 0 Å². The molecule has 6 atom stereocenters. The van der Waals surface area contributed by atoms with Crippen molar-refractivity contribution < 1.29 is 28.7 Å². The Morgan fingerprint density at radius 2 is 1.60 bits per heavy atom. The van der Waals surface area contributed by atoms with Crippen LogP contribution in [0.2, 0.25) is 0 Å². The first kappa shape index (κ1) is 33.2. The van der Waals surface area contributed by atoms with Crippen molar-refractivity contribution in [3.8, 4) is 0 Å². The molecule has 0 bridgehead atoms. The number of nitrogens with two attached hydrogens (primary N) is 1. The molecule has 0 spiro atoms. The van der Waals surface area contributed by atoms with E-state index in [1.165, 1.54) is 0 Å². The molecule has 3 aliphatic carbocycles. The van der Waals surface area contributed by atoms with Gasteiger partial charge in [-0.15, -0.1) is 0 Å². The van der Waals surface area contributed by atoms with E-state index in [4.69, 9.17) is 10.5 Å². The van der Waals surface area contributed by atoms with Crippen LogP contribution in [0.15, 0.2) is 0 Å². The molecule has 0 aromatic carbocycles. The molecule has 11 heteroatoms. The number of rotatable bonds is 12. The Labute approximate surface area is 256 Å². The zero-order valence-corrected chi connectivity index (χ0v) is 27.1. The molecule has 242 valence electrons. The van der Waals surface area contributed by atoms with Crippen molar-refractivity contribution in [2.75, 3.05) is 20.3 Å². The number of fused-ring (bicyclic) bond motifs is 1. The van der Waals surface area contributed by atoms with Crippen LogP contribution >= 0.6 is 0 Å². The van der Waals surface area contributed by atoms with Crippen molar-refractivity contribution in [3.05, 3.63) is 0 Å². The SMILES string of the molecule is COC[C@@H](NC(=O)N[C@H](C(=O)N1CC2C([C@H]1C(=O)NC(CC1CCC1)C(=O)C(N)=O)C2(C)C)C1(C)CCCC1)C(C)(C)C. The quantitative estimate of drug-likeness (QED) is 0.251. The van der Waals surface area contributed by atoms with Gasteiger partial charge in [0.2, 0.25) is 17.6 Å². The molecule has 3 unspecified atom stereocenters. The number of hydrogen-bond acceptors (Lipinski definition) is 6. The molecule has 3 saturated carbocycles. The van der Waals surface area contributed by atoms with Gasteiger partial charge in [-0.1, -0.05) is 73.6 Å². The van der Waals surface area contributed by atoms with Gasteiger partial charge in [-0.25, -0.2) is 4.79 Å². The van der Waals surface area contributed by atoms with Crippen molar-refractivity contribution in [3.63, 3.8) is 0 Å². The number of ketones is 1. The van der Waals surface area contributed by atoms with E-state index in [9.17, 15) is 24.0 Å². The summed E-state index contributed by atoms with van der Waals surface area (Å²) in [5.74, 6) is -2.28. The first-order valence-electron chi connectivity index (χ1n) is 16.0. The minimum atomic E-state index is -1.07. The highest BCUT2D eigenvalue weighted by Crippen LogP contribution is 2.65. The minimum absolute atomic E-state index is 0.0812. The van der Waals surface area contributed by atoms with E-state index in [0.717, 1.165) is 44.9 Å². The highest BCUT2D eigenvalue weighted by molar-refractivity contribution is 6.37. The van der Waals surface area contributed by atoms with Crippen LogP contribution < -0.4 is 21.7 Å². The Balaban J connectivity index is 1.57. The molecule has 1 heterocycles. The molecule has 0 aromatic rings. The lowest BCUT2D eigenvalue weighted by Crippen LogP contribution is -2.63. The third kappa shape index (κ3) is 6.86. The molecule has 1 saturated heterocycles. The van der Waals surface area contributed by atoms with Crippen molar-refractivity contribution in [1.29, 1.82) is 0 Å². The zero-order valence-electron chi connectivity index (χ0n) is 27.1. The van der Waals surface area contributed by atoms with Crippen molar-refractivity contribution in [2.45, 2.75) is 117 Å². The molecular formula is C32H53N5O6. The Morgan fingerprint density at radius 1 is 0.977 bits per heavy atom. The molecule has 4 fully saturated rings. The van der Waals surface area contributed by atoms with E-state index in [1.54, 1.807) is 12.0 Å². The maximum Gasteiger partial charge on any atom is 0.315 e. The molecule has 11 nitrogen and oxygen atoms in total. The maximum absolute atomic E-state index is 14.5.